The zero-order valence-corrected chi connectivity index (χ0v) is 13.0. The molecule has 6 N–H and O–H groups in total. The molecule has 0 aromatic heterocycles. The van der Waals surface area contributed by atoms with Gasteiger partial charge in [0.2, 0.25) is 0 Å². The summed E-state index contributed by atoms with van der Waals surface area (Å²) in [4.78, 5) is 10.9. The summed E-state index contributed by atoms with van der Waals surface area (Å²) in [5.41, 5.74) is -4.54. The summed E-state index contributed by atoms with van der Waals surface area (Å²) >= 11 is 0. The van der Waals surface area contributed by atoms with Crippen molar-refractivity contribution in [3.63, 3.8) is 0 Å². The highest BCUT2D eigenvalue weighted by Gasteiger charge is 2.68. The van der Waals surface area contributed by atoms with Crippen LogP contribution in [0.1, 0.15) is 43.1 Å². The summed E-state index contributed by atoms with van der Waals surface area (Å²) in [6.45, 7) is 1.37. The monoisotopic (exact) mass is 340 g/mol. The SMILES string of the molecule is C[C@@H]1O[C@@H](CC(=O)O)C[C@]2(O)[C@H](O)c3cccc(O)c3[C@H](O)[C@@]12O. The zero-order valence-electron chi connectivity index (χ0n) is 13.0. The molecule has 1 aromatic rings. The molecule has 2 aliphatic rings. The van der Waals surface area contributed by atoms with Crippen LogP contribution in [-0.4, -0.2) is 60.0 Å². The van der Waals surface area contributed by atoms with Crippen LogP contribution in [0.4, 0.5) is 0 Å². The average molecular weight is 340 g/mol. The van der Waals surface area contributed by atoms with Crippen molar-refractivity contribution in [1.29, 1.82) is 0 Å². The summed E-state index contributed by atoms with van der Waals surface area (Å²) in [6, 6.07) is 4.16. The van der Waals surface area contributed by atoms with Crippen molar-refractivity contribution in [3.8, 4) is 5.75 Å². The van der Waals surface area contributed by atoms with Gasteiger partial charge in [0.15, 0.2) is 5.60 Å². The molecule has 0 amide bonds. The van der Waals surface area contributed by atoms with Crippen molar-refractivity contribution in [2.45, 2.75) is 55.4 Å². The summed E-state index contributed by atoms with van der Waals surface area (Å²) in [5, 5.41) is 62.3. The van der Waals surface area contributed by atoms with Crippen LogP contribution in [0.5, 0.6) is 5.75 Å². The van der Waals surface area contributed by atoms with Gasteiger partial charge in [-0.1, -0.05) is 12.1 Å². The van der Waals surface area contributed by atoms with Gasteiger partial charge in [-0.05, 0) is 18.6 Å². The molecule has 0 bridgehead atoms. The van der Waals surface area contributed by atoms with Crippen molar-refractivity contribution < 1.29 is 40.2 Å². The Balaban J connectivity index is 2.14. The molecule has 8 nitrogen and oxygen atoms in total. The zero-order chi connectivity index (χ0) is 17.9. The van der Waals surface area contributed by atoms with Crippen molar-refractivity contribution in [1.82, 2.24) is 0 Å². The Morgan fingerprint density at radius 3 is 2.58 bits per heavy atom. The first-order valence-electron chi connectivity index (χ1n) is 7.62. The Morgan fingerprint density at radius 1 is 1.29 bits per heavy atom. The highest BCUT2D eigenvalue weighted by molar-refractivity contribution is 5.67. The lowest BCUT2D eigenvalue weighted by Gasteiger charge is -2.58. The number of aliphatic hydroxyl groups excluding tert-OH is 2. The van der Waals surface area contributed by atoms with E-state index in [1.165, 1.54) is 25.1 Å². The minimum absolute atomic E-state index is 0.0793. The molecule has 3 rings (SSSR count). The average Bonchev–Trinajstić information content (AvgIpc) is 2.49. The number of aliphatic hydroxyl groups is 4. The van der Waals surface area contributed by atoms with Gasteiger partial charge in [-0.25, -0.2) is 0 Å². The van der Waals surface area contributed by atoms with Gasteiger partial charge < -0.3 is 35.4 Å². The lowest BCUT2D eigenvalue weighted by molar-refractivity contribution is -0.332. The van der Waals surface area contributed by atoms with Crippen LogP contribution in [0.15, 0.2) is 18.2 Å². The Labute approximate surface area is 137 Å². The van der Waals surface area contributed by atoms with E-state index in [1.807, 2.05) is 0 Å². The number of ether oxygens (including phenoxy) is 1. The quantitative estimate of drug-likeness (QED) is 0.426. The maximum Gasteiger partial charge on any atom is 0.305 e. The molecule has 24 heavy (non-hydrogen) atoms. The molecule has 1 aromatic carbocycles. The summed E-state index contributed by atoms with van der Waals surface area (Å²) in [6.07, 6.45) is -6.27. The van der Waals surface area contributed by atoms with E-state index in [-0.39, 0.29) is 23.3 Å². The Morgan fingerprint density at radius 2 is 1.96 bits per heavy atom. The first-order valence-corrected chi connectivity index (χ1v) is 7.62. The number of hydrogen-bond donors (Lipinski definition) is 6. The van der Waals surface area contributed by atoms with E-state index >= 15 is 0 Å². The molecule has 1 saturated heterocycles. The molecular weight excluding hydrogens is 320 g/mol. The maximum absolute atomic E-state index is 11.1. The Hall–Kier alpha value is -1.71. The third kappa shape index (κ3) is 2.08. The first kappa shape index (κ1) is 17.1. The van der Waals surface area contributed by atoms with Crippen molar-refractivity contribution in [2.75, 3.05) is 0 Å². The standard InChI is InChI=1S/C16H20O8/c1-7-16(23)14(21)12-9(3-2-4-10(12)17)13(20)15(16,22)6-8(24-7)5-11(18)19/h2-4,7-8,13-14,17,20-23H,5-6H2,1H3,(H,18,19)/t7-,8-,13+,14-,15-,16-/m0/s1. The molecule has 1 fully saturated rings. The second-order valence-corrected chi connectivity index (χ2v) is 6.54. The molecular formula is C16H20O8. The predicted molar refractivity (Wildman–Crippen MR) is 79.1 cm³/mol. The Kier molecular flexibility index (Phi) is 3.85. The van der Waals surface area contributed by atoms with E-state index in [4.69, 9.17) is 9.84 Å². The lowest BCUT2D eigenvalue weighted by atomic mass is 9.60. The van der Waals surface area contributed by atoms with Gasteiger partial charge in [0.1, 0.15) is 23.6 Å². The fourth-order valence-electron chi connectivity index (χ4n) is 3.99. The Bertz CT molecular complexity index is 676. The van der Waals surface area contributed by atoms with Gasteiger partial charge in [0, 0.05) is 12.0 Å². The van der Waals surface area contributed by atoms with Crippen LogP contribution < -0.4 is 0 Å². The number of aromatic hydroxyl groups is 1. The summed E-state index contributed by atoms with van der Waals surface area (Å²) in [7, 11) is 0. The van der Waals surface area contributed by atoms with E-state index < -0.39 is 48.0 Å². The maximum atomic E-state index is 11.1. The van der Waals surface area contributed by atoms with Gasteiger partial charge in [-0.15, -0.1) is 0 Å². The van der Waals surface area contributed by atoms with Gasteiger partial charge in [0.05, 0.1) is 18.6 Å². The van der Waals surface area contributed by atoms with Crippen molar-refractivity contribution >= 4 is 5.97 Å². The number of phenols is 1. The van der Waals surface area contributed by atoms with Gasteiger partial charge in [-0.2, -0.15) is 0 Å². The van der Waals surface area contributed by atoms with Crippen molar-refractivity contribution in [2.24, 2.45) is 0 Å². The number of aliphatic carboxylic acids is 1. The predicted octanol–water partition coefficient (Wildman–Crippen LogP) is -0.413. The van der Waals surface area contributed by atoms with E-state index in [0.29, 0.717) is 0 Å². The summed E-state index contributed by atoms with van der Waals surface area (Å²) in [5.74, 6) is -1.47. The van der Waals surface area contributed by atoms with Crippen LogP contribution in [0.2, 0.25) is 0 Å². The number of rotatable bonds is 2. The molecule has 6 atom stereocenters. The van der Waals surface area contributed by atoms with Gasteiger partial charge >= 0.3 is 5.97 Å². The minimum Gasteiger partial charge on any atom is -0.508 e. The largest absolute Gasteiger partial charge is 0.508 e. The second-order valence-electron chi connectivity index (χ2n) is 6.54. The van der Waals surface area contributed by atoms with Crippen LogP contribution in [0, 0.1) is 0 Å². The third-order valence-corrected chi connectivity index (χ3v) is 5.21. The van der Waals surface area contributed by atoms with Crippen LogP contribution >= 0.6 is 0 Å². The molecule has 0 unspecified atom stereocenters. The van der Waals surface area contributed by atoms with Crippen LogP contribution in [0.25, 0.3) is 0 Å². The fraction of sp³-hybridized carbons (Fsp3) is 0.562. The normalized spacial score (nSPS) is 41.4. The topological polar surface area (TPSA) is 148 Å². The van der Waals surface area contributed by atoms with E-state index in [0.717, 1.165) is 0 Å². The van der Waals surface area contributed by atoms with Crippen molar-refractivity contribution in [3.05, 3.63) is 29.3 Å². The summed E-state index contributed by atoms with van der Waals surface area (Å²) < 4.78 is 5.46. The molecule has 1 heterocycles. The van der Waals surface area contributed by atoms with Gasteiger partial charge in [0.25, 0.3) is 0 Å². The number of benzene rings is 1. The molecule has 0 saturated carbocycles. The first-order chi connectivity index (χ1) is 11.1. The second kappa shape index (κ2) is 5.40. The molecule has 1 aliphatic heterocycles. The highest BCUT2D eigenvalue weighted by Crippen LogP contribution is 2.57. The fourth-order valence-corrected chi connectivity index (χ4v) is 3.99. The van der Waals surface area contributed by atoms with E-state index in [9.17, 15) is 30.3 Å². The minimum atomic E-state index is -2.31. The smallest absolute Gasteiger partial charge is 0.305 e. The number of hydrogen-bond acceptors (Lipinski definition) is 7. The number of carboxylic acid groups (broad SMARTS) is 1. The van der Waals surface area contributed by atoms with E-state index in [2.05, 4.69) is 0 Å². The molecule has 8 heteroatoms. The third-order valence-electron chi connectivity index (χ3n) is 5.21. The molecule has 0 spiro atoms. The van der Waals surface area contributed by atoms with Gasteiger partial charge in [-0.3, -0.25) is 4.79 Å². The molecule has 1 aliphatic carbocycles. The van der Waals surface area contributed by atoms with E-state index in [1.54, 1.807) is 0 Å². The molecule has 132 valence electrons. The van der Waals surface area contributed by atoms with Crippen LogP contribution in [-0.2, 0) is 9.53 Å². The number of phenolic OH excluding ortho intramolecular Hbond substituents is 1. The van der Waals surface area contributed by atoms with Crippen LogP contribution in [0.3, 0.4) is 0 Å². The number of carbonyl (C=O) groups is 1. The molecule has 0 radical (unpaired) electrons. The lowest BCUT2D eigenvalue weighted by Crippen LogP contribution is -2.72. The number of fused-ring (bicyclic) bond motifs is 2. The highest BCUT2D eigenvalue weighted by atomic mass is 16.5. The number of carboxylic acids is 1.